The van der Waals surface area contributed by atoms with E-state index in [-0.39, 0.29) is 17.5 Å². The van der Waals surface area contributed by atoms with Crippen LogP contribution in [0, 0.1) is 5.92 Å². The van der Waals surface area contributed by atoms with Gasteiger partial charge in [0.2, 0.25) is 10.0 Å². The molecule has 138 valence electrons. The first-order valence-corrected chi connectivity index (χ1v) is 10.5. The Morgan fingerprint density at radius 2 is 1.84 bits per heavy atom. The maximum atomic E-state index is 12.4. The minimum atomic E-state index is -3.63. The third-order valence-electron chi connectivity index (χ3n) is 3.37. The Balaban J connectivity index is 2.00. The topological polar surface area (TPSA) is 64.6 Å². The SMILES string of the molecule is CO[C@@H](CNS(=O)(=O)c1ccc(OCC(C)C)cc1)c1ccc(Cl)s1. The van der Waals surface area contributed by atoms with Crippen molar-refractivity contribution in [3.63, 3.8) is 0 Å². The molecule has 5 nitrogen and oxygen atoms in total. The maximum Gasteiger partial charge on any atom is 0.240 e. The molecule has 0 spiro atoms. The summed E-state index contributed by atoms with van der Waals surface area (Å²) in [5.74, 6) is 1.05. The zero-order valence-electron chi connectivity index (χ0n) is 14.4. The molecule has 0 aliphatic heterocycles. The Morgan fingerprint density at radius 3 is 2.36 bits per heavy atom. The number of sulfonamides is 1. The lowest BCUT2D eigenvalue weighted by atomic mass is 10.2. The van der Waals surface area contributed by atoms with Gasteiger partial charge in [-0.3, -0.25) is 0 Å². The molecule has 0 aliphatic rings. The molecule has 0 aliphatic carbocycles. The summed E-state index contributed by atoms with van der Waals surface area (Å²) < 4.78 is 39.0. The van der Waals surface area contributed by atoms with Gasteiger partial charge in [-0.1, -0.05) is 25.4 Å². The summed E-state index contributed by atoms with van der Waals surface area (Å²) in [6.07, 6.45) is -0.388. The lowest BCUT2D eigenvalue weighted by Crippen LogP contribution is -2.29. The lowest BCUT2D eigenvalue weighted by Gasteiger charge is -2.15. The van der Waals surface area contributed by atoms with Gasteiger partial charge in [-0.2, -0.15) is 0 Å². The molecule has 1 atom stereocenters. The predicted molar refractivity (Wildman–Crippen MR) is 101 cm³/mol. The van der Waals surface area contributed by atoms with Gasteiger partial charge in [-0.05, 0) is 42.3 Å². The standard InChI is InChI=1S/C17H22ClNO4S2/c1-12(2)11-23-13-4-6-14(7-5-13)25(20,21)19-10-15(22-3)16-8-9-17(18)24-16/h4-9,12,15,19H,10-11H2,1-3H3/t15-/m0/s1. The van der Waals surface area contributed by atoms with E-state index in [4.69, 9.17) is 21.1 Å². The van der Waals surface area contributed by atoms with Gasteiger partial charge in [0.15, 0.2) is 0 Å². The molecule has 0 unspecified atom stereocenters. The maximum absolute atomic E-state index is 12.4. The Kier molecular flexibility index (Phi) is 7.27. The highest BCUT2D eigenvalue weighted by molar-refractivity contribution is 7.89. The monoisotopic (exact) mass is 403 g/mol. The van der Waals surface area contributed by atoms with Crippen LogP contribution in [-0.2, 0) is 14.8 Å². The van der Waals surface area contributed by atoms with Crippen molar-refractivity contribution in [2.75, 3.05) is 20.3 Å². The van der Waals surface area contributed by atoms with Crippen molar-refractivity contribution in [1.29, 1.82) is 0 Å². The number of rotatable bonds is 9. The van der Waals surface area contributed by atoms with Crippen LogP contribution >= 0.6 is 22.9 Å². The fourth-order valence-corrected chi connectivity index (χ4v) is 4.22. The molecule has 1 N–H and O–H groups in total. The van der Waals surface area contributed by atoms with Gasteiger partial charge in [0.1, 0.15) is 11.9 Å². The summed E-state index contributed by atoms with van der Waals surface area (Å²) in [5.41, 5.74) is 0. The highest BCUT2D eigenvalue weighted by Gasteiger charge is 2.19. The first-order valence-electron chi connectivity index (χ1n) is 7.82. The molecule has 8 heteroatoms. The van der Waals surface area contributed by atoms with Crippen LogP contribution in [0.15, 0.2) is 41.3 Å². The zero-order chi connectivity index (χ0) is 18.4. The zero-order valence-corrected chi connectivity index (χ0v) is 16.7. The molecule has 0 saturated heterocycles. The van der Waals surface area contributed by atoms with Crippen molar-refractivity contribution in [3.05, 3.63) is 45.6 Å². The third-order valence-corrected chi connectivity index (χ3v) is 6.13. The number of ether oxygens (including phenoxy) is 2. The second-order valence-corrected chi connectivity index (χ2v) is 9.41. The second kappa shape index (κ2) is 9.00. The second-order valence-electron chi connectivity index (χ2n) is 5.89. The average molecular weight is 404 g/mol. The quantitative estimate of drug-likeness (QED) is 0.684. The van der Waals surface area contributed by atoms with Crippen LogP contribution in [0.3, 0.4) is 0 Å². The number of hydrogen-bond donors (Lipinski definition) is 1. The summed E-state index contributed by atoms with van der Waals surface area (Å²) >= 11 is 7.29. The molecule has 1 aromatic carbocycles. The largest absolute Gasteiger partial charge is 0.493 e. The van der Waals surface area contributed by atoms with Crippen LogP contribution in [0.4, 0.5) is 0 Å². The molecule has 2 rings (SSSR count). The van der Waals surface area contributed by atoms with Gasteiger partial charge in [-0.15, -0.1) is 11.3 Å². The highest BCUT2D eigenvalue weighted by atomic mass is 35.5. The molecular formula is C17H22ClNO4S2. The molecular weight excluding hydrogens is 382 g/mol. The van der Waals surface area contributed by atoms with Crippen molar-refractivity contribution in [2.45, 2.75) is 24.8 Å². The van der Waals surface area contributed by atoms with E-state index in [0.717, 1.165) is 4.88 Å². The van der Waals surface area contributed by atoms with Crippen LogP contribution in [0.2, 0.25) is 4.34 Å². The van der Waals surface area contributed by atoms with E-state index in [2.05, 4.69) is 18.6 Å². The molecule has 1 aromatic heterocycles. The van der Waals surface area contributed by atoms with E-state index in [1.807, 2.05) is 6.07 Å². The number of nitrogens with one attached hydrogen (secondary N) is 1. The number of halogens is 1. The van der Waals surface area contributed by atoms with Crippen molar-refractivity contribution in [1.82, 2.24) is 4.72 Å². The summed E-state index contributed by atoms with van der Waals surface area (Å²) in [6, 6.07) is 9.96. The average Bonchev–Trinajstić information content (AvgIpc) is 3.00. The highest BCUT2D eigenvalue weighted by Crippen LogP contribution is 2.28. The fourth-order valence-electron chi connectivity index (χ4n) is 2.05. The Hall–Kier alpha value is -1.12. The summed E-state index contributed by atoms with van der Waals surface area (Å²) in [7, 11) is -2.09. The molecule has 1 heterocycles. The van der Waals surface area contributed by atoms with Gasteiger partial charge in [-0.25, -0.2) is 13.1 Å². The minimum Gasteiger partial charge on any atom is -0.493 e. The van der Waals surface area contributed by atoms with Crippen molar-refractivity contribution in [3.8, 4) is 5.75 Å². The first-order chi connectivity index (χ1) is 11.8. The van der Waals surface area contributed by atoms with Gasteiger partial charge in [0, 0.05) is 18.5 Å². The minimum absolute atomic E-state index is 0.126. The molecule has 0 radical (unpaired) electrons. The normalized spacial score (nSPS) is 13.2. The number of benzene rings is 1. The number of thiophene rings is 1. The molecule has 25 heavy (non-hydrogen) atoms. The predicted octanol–water partition coefficient (Wildman–Crippen LogP) is 4.10. The van der Waals surface area contributed by atoms with Gasteiger partial charge in [0.05, 0.1) is 15.8 Å². The molecule has 0 amide bonds. The Labute approximate surface area is 158 Å². The molecule has 0 saturated carbocycles. The summed E-state index contributed by atoms with van der Waals surface area (Å²) in [5, 5.41) is 0. The van der Waals surface area contributed by atoms with Crippen LogP contribution in [-0.4, -0.2) is 28.7 Å². The van der Waals surface area contributed by atoms with E-state index in [0.29, 0.717) is 22.6 Å². The van der Waals surface area contributed by atoms with Crippen LogP contribution in [0.5, 0.6) is 5.75 Å². The fraction of sp³-hybridized carbons (Fsp3) is 0.412. The van der Waals surface area contributed by atoms with E-state index in [1.165, 1.54) is 30.6 Å². The van der Waals surface area contributed by atoms with Gasteiger partial charge < -0.3 is 9.47 Å². The van der Waals surface area contributed by atoms with Gasteiger partial charge >= 0.3 is 0 Å². The number of methoxy groups -OCH3 is 1. The van der Waals surface area contributed by atoms with Gasteiger partial charge in [0.25, 0.3) is 0 Å². The Bertz CT molecular complexity index is 772. The Morgan fingerprint density at radius 1 is 1.16 bits per heavy atom. The summed E-state index contributed by atoms with van der Waals surface area (Å²) in [6.45, 7) is 4.82. The van der Waals surface area contributed by atoms with Crippen molar-refractivity contribution in [2.24, 2.45) is 5.92 Å². The van der Waals surface area contributed by atoms with Crippen LogP contribution < -0.4 is 9.46 Å². The van der Waals surface area contributed by atoms with Crippen LogP contribution in [0.25, 0.3) is 0 Å². The van der Waals surface area contributed by atoms with E-state index >= 15 is 0 Å². The van der Waals surface area contributed by atoms with Crippen molar-refractivity contribution >= 4 is 33.0 Å². The number of hydrogen-bond acceptors (Lipinski definition) is 5. The molecule has 2 aromatic rings. The van der Waals surface area contributed by atoms with E-state index in [1.54, 1.807) is 18.2 Å². The van der Waals surface area contributed by atoms with Crippen LogP contribution in [0.1, 0.15) is 24.8 Å². The third kappa shape index (κ3) is 5.97. The summed E-state index contributed by atoms with van der Waals surface area (Å²) in [4.78, 5) is 1.05. The smallest absolute Gasteiger partial charge is 0.240 e. The lowest BCUT2D eigenvalue weighted by molar-refractivity contribution is 0.110. The van der Waals surface area contributed by atoms with E-state index < -0.39 is 10.0 Å². The first kappa shape index (κ1) is 20.2. The molecule has 0 fully saturated rings. The molecule has 0 bridgehead atoms. The van der Waals surface area contributed by atoms with Crippen molar-refractivity contribution < 1.29 is 17.9 Å². The van der Waals surface area contributed by atoms with E-state index in [9.17, 15) is 8.42 Å².